The summed E-state index contributed by atoms with van der Waals surface area (Å²) < 4.78 is 12.9. The van der Waals surface area contributed by atoms with Crippen LogP contribution in [0.5, 0.6) is 5.75 Å². The van der Waals surface area contributed by atoms with Crippen LogP contribution >= 0.6 is 11.8 Å². The van der Waals surface area contributed by atoms with Crippen molar-refractivity contribution in [3.8, 4) is 17.2 Å². The number of aromatic nitrogens is 4. The van der Waals surface area contributed by atoms with Gasteiger partial charge in [0.2, 0.25) is 5.89 Å². The zero-order valence-electron chi connectivity index (χ0n) is 12.9. The Labute approximate surface area is 142 Å². The molecule has 0 aliphatic rings. The highest BCUT2D eigenvalue weighted by Crippen LogP contribution is 2.26. The number of methoxy groups -OCH3 is 1. The maximum absolute atomic E-state index is 5.75. The lowest BCUT2D eigenvalue weighted by molar-refractivity contribution is 0.414. The van der Waals surface area contributed by atoms with Crippen molar-refractivity contribution in [2.75, 3.05) is 7.11 Å². The Morgan fingerprint density at radius 2 is 2.17 bits per heavy atom. The van der Waals surface area contributed by atoms with Gasteiger partial charge in [0.25, 0.3) is 5.22 Å². The van der Waals surface area contributed by atoms with E-state index in [2.05, 4.69) is 15.2 Å². The second-order valence-corrected chi connectivity index (χ2v) is 6.05. The Morgan fingerprint density at radius 3 is 3.08 bits per heavy atom. The van der Waals surface area contributed by atoms with Crippen molar-refractivity contribution < 1.29 is 9.15 Å². The molecule has 1 aromatic carbocycles. The van der Waals surface area contributed by atoms with Crippen LogP contribution in [0.1, 0.15) is 5.56 Å². The number of rotatable bonds is 5. The average Bonchev–Trinajstić information content (AvgIpc) is 3.28. The van der Waals surface area contributed by atoms with Crippen molar-refractivity contribution in [3.63, 3.8) is 0 Å². The molecule has 0 aliphatic carbocycles. The average molecular weight is 338 g/mol. The minimum Gasteiger partial charge on any atom is -0.497 e. The summed E-state index contributed by atoms with van der Waals surface area (Å²) in [6, 6.07) is 11.8. The van der Waals surface area contributed by atoms with Crippen LogP contribution in [0.2, 0.25) is 0 Å². The van der Waals surface area contributed by atoms with E-state index >= 15 is 0 Å². The van der Waals surface area contributed by atoms with Gasteiger partial charge in [0.05, 0.1) is 12.7 Å². The van der Waals surface area contributed by atoms with Crippen molar-refractivity contribution in [1.29, 1.82) is 0 Å². The fourth-order valence-electron chi connectivity index (χ4n) is 2.34. The molecule has 4 rings (SSSR count). The molecule has 0 fully saturated rings. The van der Waals surface area contributed by atoms with Gasteiger partial charge in [-0.15, -0.1) is 10.2 Å². The van der Waals surface area contributed by atoms with Gasteiger partial charge in [-0.1, -0.05) is 23.9 Å². The molecule has 120 valence electrons. The molecule has 7 heteroatoms. The molecular formula is C17H14N4O2S. The van der Waals surface area contributed by atoms with E-state index in [1.807, 2.05) is 53.2 Å². The molecule has 3 aromatic heterocycles. The Morgan fingerprint density at radius 1 is 1.21 bits per heavy atom. The highest BCUT2D eigenvalue weighted by atomic mass is 32.2. The van der Waals surface area contributed by atoms with Gasteiger partial charge in [-0.05, 0) is 29.8 Å². The summed E-state index contributed by atoms with van der Waals surface area (Å²) in [6.45, 7) is 0. The van der Waals surface area contributed by atoms with Crippen LogP contribution in [0, 0.1) is 0 Å². The number of pyridine rings is 1. The molecule has 24 heavy (non-hydrogen) atoms. The fourth-order valence-corrected chi connectivity index (χ4v) is 3.04. The third kappa shape index (κ3) is 2.98. The van der Waals surface area contributed by atoms with Gasteiger partial charge < -0.3 is 13.6 Å². The largest absolute Gasteiger partial charge is 0.497 e. The Hall–Kier alpha value is -2.80. The predicted octanol–water partition coefficient (Wildman–Crippen LogP) is 3.69. The van der Waals surface area contributed by atoms with E-state index in [-0.39, 0.29) is 0 Å². The first-order valence-corrected chi connectivity index (χ1v) is 8.33. The minimum atomic E-state index is 0.499. The van der Waals surface area contributed by atoms with Crippen molar-refractivity contribution in [3.05, 3.63) is 60.6 Å². The third-order valence-electron chi connectivity index (χ3n) is 3.54. The molecular weight excluding hydrogens is 324 g/mol. The van der Waals surface area contributed by atoms with E-state index in [0.717, 1.165) is 28.3 Å². The maximum Gasteiger partial charge on any atom is 0.277 e. The summed E-state index contributed by atoms with van der Waals surface area (Å²) in [5, 5.41) is 8.78. The normalized spacial score (nSPS) is 11.0. The monoisotopic (exact) mass is 338 g/mol. The number of hydrogen-bond acceptors (Lipinski definition) is 6. The highest BCUT2D eigenvalue weighted by molar-refractivity contribution is 7.98. The zero-order chi connectivity index (χ0) is 16.4. The Kier molecular flexibility index (Phi) is 3.92. The highest BCUT2D eigenvalue weighted by Gasteiger charge is 2.10. The molecule has 0 N–H and O–H groups in total. The van der Waals surface area contributed by atoms with Gasteiger partial charge >= 0.3 is 0 Å². The number of fused-ring (bicyclic) bond motifs is 1. The SMILES string of the molecule is COc1cccc(CSc2nnc(-c3ccc4nccn4c3)o2)c1. The second-order valence-electron chi connectivity index (χ2n) is 5.12. The van der Waals surface area contributed by atoms with Crippen LogP contribution in [-0.4, -0.2) is 26.7 Å². The second kappa shape index (κ2) is 6.37. The Bertz CT molecular complexity index is 979. The van der Waals surface area contributed by atoms with Crippen LogP contribution < -0.4 is 4.74 Å². The molecule has 0 unspecified atom stereocenters. The number of thioether (sulfide) groups is 1. The molecule has 3 heterocycles. The molecule has 6 nitrogen and oxygen atoms in total. The first-order valence-electron chi connectivity index (χ1n) is 7.34. The molecule has 4 aromatic rings. The van der Waals surface area contributed by atoms with Gasteiger partial charge in [-0.3, -0.25) is 0 Å². The van der Waals surface area contributed by atoms with Crippen LogP contribution in [0.25, 0.3) is 17.1 Å². The molecule has 0 amide bonds. The van der Waals surface area contributed by atoms with Crippen LogP contribution in [0.4, 0.5) is 0 Å². The van der Waals surface area contributed by atoms with E-state index < -0.39 is 0 Å². The number of benzene rings is 1. The van der Waals surface area contributed by atoms with E-state index in [9.17, 15) is 0 Å². The predicted molar refractivity (Wildman–Crippen MR) is 91.0 cm³/mol. The number of nitrogens with zero attached hydrogens (tertiary/aromatic N) is 4. The van der Waals surface area contributed by atoms with Crippen molar-refractivity contribution in [2.24, 2.45) is 0 Å². The zero-order valence-corrected chi connectivity index (χ0v) is 13.7. The van der Waals surface area contributed by atoms with Crippen molar-refractivity contribution in [1.82, 2.24) is 19.6 Å². The smallest absolute Gasteiger partial charge is 0.277 e. The number of ether oxygens (including phenoxy) is 1. The third-order valence-corrected chi connectivity index (χ3v) is 4.43. The summed E-state index contributed by atoms with van der Waals surface area (Å²) in [5.41, 5.74) is 2.88. The van der Waals surface area contributed by atoms with Gasteiger partial charge in [-0.2, -0.15) is 0 Å². The van der Waals surface area contributed by atoms with Crippen LogP contribution in [-0.2, 0) is 5.75 Å². The maximum atomic E-state index is 5.75. The summed E-state index contributed by atoms with van der Waals surface area (Å²) >= 11 is 1.50. The number of imidazole rings is 1. The van der Waals surface area contributed by atoms with Gasteiger partial charge in [0.15, 0.2) is 0 Å². The summed E-state index contributed by atoms with van der Waals surface area (Å²) in [6.07, 6.45) is 5.56. The standard InChI is InChI=1S/C17H14N4O2S/c1-22-14-4-2-3-12(9-14)11-24-17-20-19-16(23-17)13-5-6-15-18-7-8-21(15)10-13/h2-10H,11H2,1H3. The summed E-state index contributed by atoms with van der Waals surface area (Å²) in [7, 11) is 1.66. The quantitative estimate of drug-likeness (QED) is 0.517. The lowest BCUT2D eigenvalue weighted by Gasteiger charge is -2.02. The lowest BCUT2D eigenvalue weighted by Crippen LogP contribution is -1.85. The van der Waals surface area contributed by atoms with Crippen molar-refractivity contribution >= 4 is 17.4 Å². The number of hydrogen-bond donors (Lipinski definition) is 0. The molecule has 0 saturated carbocycles. The van der Waals surface area contributed by atoms with Crippen molar-refractivity contribution in [2.45, 2.75) is 11.0 Å². The molecule has 0 bridgehead atoms. The van der Waals surface area contributed by atoms with Crippen LogP contribution in [0.15, 0.2) is 64.6 Å². The van der Waals surface area contributed by atoms with E-state index in [1.54, 1.807) is 13.3 Å². The molecule has 0 radical (unpaired) electrons. The molecule has 0 aliphatic heterocycles. The topological polar surface area (TPSA) is 65.5 Å². The summed E-state index contributed by atoms with van der Waals surface area (Å²) in [5.74, 6) is 2.08. The van der Waals surface area contributed by atoms with E-state index in [4.69, 9.17) is 9.15 Å². The van der Waals surface area contributed by atoms with Gasteiger partial charge in [0.1, 0.15) is 11.4 Å². The Balaban J connectivity index is 1.49. The van der Waals surface area contributed by atoms with Crippen LogP contribution in [0.3, 0.4) is 0 Å². The van der Waals surface area contributed by atoms with Gasteiger partial charge in [-0.25, -0.2) is 4.98 Å². The molecule has 0 spiro atoms. The molecule has 0 atom stereocenters. The van der Waals surface area contributed by atoms with E-state index in [1.165, 1.54) is 11.8 Å². The minimum absolute atomic E-state index is 0.499. The fraction of sp³-hybridized carbons (Fsp3) is 0.118. The first-order chi connectivity index (χ1) is 11.8. The van der Waals surface area contributed by atoms with Gasteiger partial charge in [0, 0.05) is 24.3 Å². The lowest BCUT2D eigenvalue weighted by atomic mass is 10.2. The first kappa shape index (κ1) is 14.8. The molecule has 0 saturated heterocycles. The van der Waals surface area contributed by atoms with E-state index in [0.29, 0.717) is 11.1 Å². The summed E-state index contributed by atoms with van der Waals surface area (Å²) in [4.78, 5) is 4.22.